The minimum Gasteiger partial charge on any atom is -0.481 e. The monoisotopic (exact) mass is 301 g/mol. The summed E-state index contributed by atoms with van der Waals surface area (Å²) >= 11 is 0. The van der Waals surface area contributed by atoms with Crippen LogP contribution < -0.4 is 5.32 Å². The highest BCUT2D eigenvalue weighted by Crippen LogP contribution is 2.32. The first-order chi connectivity index (χ1) is 9.42. The van der Waals surface area contributed by atoms with Crippen molar-refractivity contribution in [3.63, 3.8) is 0 Å². The molecule has 0 fully saturated rings. The smallest absolute Gasteiger partial charge is 0.303 e. The molecule has 5 heteroatoms. The maximum Gasteiger partial charge on any atom is 0.303 e. The predicted octanol–water partition coefficient (Wildman–Crippen LogP) is 2.83. The molecule has 0 heterocycles. The molecule has 5 nitrogen and oxygen atoms in total. The minimum absolute atomic E-state index is 0.0298. The number of carboxylic acids is 1. The summed E-state index contributed by atoms with van der Waals surface area (Å²) in [4.78, 5) is 22.4. The Hall–Kier alpha value is -1.10. The first kappa shape index (κ1) is 19.9. The van der Waals surface area contributed by atoms with Crippen LogP contribution >= 0.6 is 0 Å². The Bertz CT molecular complexity index is 339. The van der Waals surface area contributed by atoms with Crippen molar-refractivity contribution in [1.82, 2.24) is 5.32 Å². The summed E-state index contributed by atoms with van der Waals surface area (Å²) in [6.45, 7) is 12.6. The molecule has 1 unspecified atom stereocenters. The first-order valence-corrected chi connectivity index (χ1v) is 7.54. The molecular formula is C16H31NO4. The third-order valence-corrected chi connectivity index (χ3v) is 3.38. The van der Waals surface area contributed by atoms with Crippen LogP contribution in [0.2, 0.25) is 0 Å². The van der Waals surface area contributed by atoms with Gasteiger partial charge in [-0.1, -0.05) is 20.8 Å². The number of amides is 1. The number of carbonyl (C=O) groups is 2. The fourth-order valence-electron chi connectivity index (χ4n) is 2.03. The molecule has 0 radical (unpaired) electrons. The second kappa shape index (κ2) is 8.37. The Kier molecular flexibility index (Phi) is 7.93. The molecule has 0 aromatic heterocycles. The summed E-state index contributed by atoms with van der Waals surface area (Å²) in [6, 6.07) is 0. The standard InChI is InChI=1S/C16H31NO4/c1-15(2,3)12(7-8-14(19)20)9-10-17-13(18)11-21-16(4,5)6/h12H,7-11H2,1-6H3,(H,17,18)(H,19,20). The van der Waals surface area contributed by atoms with E-state index in [0.29, 0.717) is 13.0 Å². The average Bonchev–Trinajstić information content (AvgIpc) is 2.28. The van der Waals surface area contributed by atoms with Gasteiger partial charge in [-0.2, -0.15) is 0 Å². The summed E-state index contributed by atoms with van der Waals surface area (Å²) < 4.78 is 5.41. The Morgan fingerprint density at radius 2 is 1.67 bits per heavy atom. The number of hydrogen-bond acceptors (Lipinski definition) is 3. The lowest BCUT2D eigenvalue weighted by atomic mass is 9.76. The van der Waals surface area contributed by atoms with E-state index in [2.05, 4.69) is 26.1 Å². The lowest BCUT2D eigenvalue weighted by Gasteiger charge is -2.30. The van der Waals surface area contributed by atoms with E-state index in [4.69, 9.17) is 9.84 Å². The maximum atomic E-state index is 11.7. The molecule has 1 amide bonds. The van der Waals surface area contributed by atoms with Crippen LogP contribution in [-0.4, -0.2) is 35.7 Å². The number of hydrogen-bond donors (Lipinski definition) is 2. The van der Waals surface area contributed by atoms with Crippen molar-refractivity contribution in [2.45, 2.75) is 66.4 Å². The molecule has 0 saturated carbocycles. The zero-order valence-electron chi connectivity index (χ0n) is 14.3. The molecular weight excluding hydrogens is 270 g/mol. The van der Waals surface area contributed by atoms with Gasteiger partial charge in [-0.05, 0) is 44.9 Å². The molecule has 0 aromatic carbocycles. The third-order valence-electron chi connectivity index (χ3n) is 3.38. The third kappa shape index (κ3) is 11.3. The van der Waals surface area contributed by atoms with Crippen molar-refractivity contribution in [2.24, 2.45) is 11.3 Å². The van der Waals surface area contributed by atoms with Gasteiger partial charge in [0.15, 0.2) is 0 Å². The van der Waals surface area contributed by atoms with Crippen LogP contribution in [0.4, 0.5) is 0 Å². The van der Waals surface area contributed by atoms with Crippen LogP contribution in [0.15, 0.2) is 0 Å². The lowest BCUT2D eigenvalue weighted by molar-refractivity contribution is -0.137. The summed E-state index contributed by atoms with van der Waals surface area (Å²) in [5.41, 5.74) is -0.297. The van der Waals surface area contributed by atoms with E-state index < -0.39 is 5.97 Å². The van der Waals surface area contributed by atoms with Crippen molar-refractivity contribution in [1.29, 1.82) is 0 Å². The van der Waals surface area contributed by atoms with Gasteiger partial charge >= 0.3 is 5.97 Å². The van der Waals surface area contributed by atoms with Crippen LogP contribution in [0.3, 0.4) is 0 Å². The first-order valence-electron chi connectivity index (χ1n) is 7.54. The molecule has 0 saturated heterocycles. The number of nitrogens with one attached hydrogen (secondary N) is 1. The second-order valence-electron chi connectivity index (χ2n) is 7.54. The quantitative estimate of drug-likeness (QED) is 0.723. The predicted molar refractivity (Wildman–Crippen MR) is 83.1 cm³/mol. The second-order valence-corrected chi connectivity index (χ2v) is 7.54. The summed E-state index contributed by atoms with van der Waals surface area (Å²) in [5.74, 6) is -0.639. The zero-order chi connectivity index (χ0) is 16.7. The van der Waals surface area contributed by atoms with Gasteiger partial charge in [0.25, 0.3) is 0 Å². The largest absolute Gasteiger partial charge is 0.481 e. The molecule has 0 aromatic rings. The molecule has 0 aliphatic heterocycles. The zero-order valence-corrected chi connectivity index (χ0v) is 14.3. The Morgan fingerprint density at radius 1 is 1.10 bits per heavy atom. The summed E-state index contributed by atoms with van der Waals surface area (Å²) in [6.07, 6.45) is 1.58. The molecule has 0 bridgehead atoms. The van der Waals surface area contributed by atoms with Crippen molar-refractivity contribution >= 4 is 11.9 Å². The maximum absolute atomic E-state index is 11.7. The van der Waals surface area contributed by atoms with Crippen LogP contribution in [0.25, 0.3) is 0 Å². The normalized spacial score (nSPS) is 13.8. The molecule has 0 aliphatic rings. The highest BCUT2D eigenvalue weighted by Gasteiger charge is 2.25. The Morgan fingerprint density at radius 3 is 2.10 bits per heavy atom. The van der Waals surface area contributed by atoms with Gasteiger partial charge in [-0.25, -0.2) is 0 Å². The van der Waals surface area contributed by atoms with E-state index in [1.165, 1.54) is 0 Å². The Balaban J connectivity index is 4.13. The van der Waals surface area contributed by atoms with Crippen molar-refractivity contribution < 1.29 is 19.4 Å². The van der Waals surface area contributed by atoms with Crippen LogP contribution in [-0.2, 0) is 14.3 Å². The van der Waals surface area contributed by atoms with Gasteiger partial charge in [-0.3, -0.25) is 9.59 Å². The van der Waals surface area contributed by atoms with Crippen LogP contribution in [0.5, 0.6) is 0 Å². The molecule has 0 spiro atoms. The highest BCUT2D eigenvalue weighted by molar-refractivity contribution is 5.77. The number of ether oxygens (including phenoxy) is 1. The SMILES string of the molecule is CC(C)(C)OCC(=O)NCCC(CCC(=O)O)C(C)(C)C. The van der Waals surface area contributed by atoms with Gasteiger partial charge in [0, 0.05) is 13.0 Å². The van der Waals surface area contributed by atoms with Gasteiger partial charge in [0.1, 0.15) is 6.61 Å². The summed E-state index contributed by atoms with van der Waals surface area (Å²) in [5, 5.41) is 11.6. The van der Waals surface area contributed by atoms with E-state index in [1.807, 2.05) is 20.8 Å². The van der Waals surface area contributed by atoms with Gasteiger partial charge in [0.2, 0.25) is 5.91 Å². The molecule has 2 N–H and O–H groups in total. The van der Waals surface area contributed by atoms with E-state index >= 15 is 0 Å². The molecule has 124 valence electrons. The van der Waals surface area contributed by atoms with Crippen molar-refractivity contribution in [3.8, 4) is 0 Å². The van der Waals surface area contributed by atoms with Crippen LogP contribution in [0, 0.1) is 11.3 Å². The fraction of sp³-hybridized carbons (Fsp3) is 0.875. The summed E-state index contributed by atoms with van der Waals surface area (Å²) in [7, 11) is 0. The van der Waals surface area contributed by atoms with E-state index in [9.17, 15) is 9.59 Å². The van der Waals surface area contributed by atoms with E-state index in [0.717, 1.165) is 6.42 Å². The lowest BCUT2D eigenvalue weighted by Crippen LogP contribution is -2.34. The minimum atomic E-state index is -0.771. The fourth-order valence-corrected chi connectivity index (χ4v) is 2.03. The van der Waals surface area contributed by atoms with Crippen LogP contribution in [0.1, 0.15) is 60.8 Å². The molecule has 21 heavy (non-hydrogen) atoms. The topological polar surface area (TPSA) is 75.6 Å². The number of rotatable bonds is 8. The number of carbonyl (C=O) groups excluding carboxylic acids is 1. The average molecular weight is 301 g/mol. The highest BCUT2D eigenvalue weighted by atomic mass is 16.5. The number of aliphatic carboxylic acids is 1. The van der Waals surface area contributed by atoms with E-state index in [1.54, 1.807) is 0 Å². The molecule has 0 rings (SSSR count). The molecule has 1 atom stereocenters. The number of carboxylic acid groups (broad SMARTS) is 1. The van der Waals surface area contributed by atoms with Gasteiger partial charge in [-0.15, -0.1) is 0 Å². The Labute approximate surface area is 128 Å². The van der Waals surface area contributed by atoms with Gasteiger partial charge in [0.05, 0.1) is 5.60 Å². The van der Waals surface area contributed by atoms with Crippen molar-refractivity contribution in [3.05, 3.63) is 0 Å². The van der Waals surface area contributed by atoms with E-state index in [-0.39, 0.29) is 35.9 Å². The molecule has 0 aliphatic carbocycles. The van der Waals surface area contributed by atoms with Crippen molar-refractivity contribution in [2.75, 3.05) is 13.2 Å². The van der Waals surface area contributed by atoms with Gasteiger partial charge < -0.3 is 15.2 Å².